The first-order valence-electron chi connectivity index (χ1n) is 6.67. The van der Waals surface area contributed by atoms with Crippen LogP contribution in [0.25, 0.3) is 10.9 Å². The average Bonchev–Trinajstić information content (AvgIpc) is 2.48. The van der Waals surface area contributed by atoms with Crippen molar-refractivity contribution in [3.05, 3.63) is 65.9 Å². The number of pyridine rings is 1. The van der Waals surface area contributed by atoms with Gasteiger partial charge in [-0.15, -0.1) is 0 Å². The lowest BCUT2D eigenvalue weighted by Crippen LogP contribution is -2.12. The van der Waals surface area contributed by atoms with Crippen molar-refractivity contribution in [2.75, 3.05) is 11.1 Å². The molecule has 2 aromatic carbocycles. The zero-order valence-corrected chi connectivity index (χ0v) is 11.6. The van der Waals surface area contributed by atoms with Gasteiger partial charge in [-0.3, -0.25) is 9.78 Å². The molecule has 104 valence electrons. The highest BCUT2D eigenvalue weighted by Crippen LogP contribution is 2.22. The third-order valence-electron chi connectivity index (χ3n) is 3.28. The Morgan fingerprint density at radius 3 is 2.57 bits per heavy atom. The summed E-state index contributed by atoms with van der Waals surface area (Å²) in [5.41, 5.74) is 9.24. The first kappa shape index (κ1) is 13.1. The molecule has 0 saturated carbocycles. The molecule has 4 heteroatoms. The molecular weight excluding hydrogens is 262 g/mol. The molecule has 21 heavy (non-hydrogen) atoms. The SMILES string of the molecule is Cc1ccc2cccc(NC(=O)c3ccc(N)cc3)c2n1. The summed E-state index contributed by atoms with van der Waals surface area (Å²) in [6.07, 6.45) is 0. The molecule has 4 nitrogen and oxygen atoms in total. The molecule has 0 saturated heterocycles. The number of nitrogens with two attached hydrogens (primary N) is 1. The minimum absolute atomic E-state index is 0.175. The van der Waals surface area contributed by atoms with Gasteiger partial charge in [0.05, 0.1) is 11.2 Å². The number of rotatable bonds is 2. The molecule has 0 radical (unpaired) electrons. The second kappa shape index (κ2) is 5.25. The molecule has 0 spiro atoms. The van der Waals surface area contributed by atoms with Crippen LogP contribution in [-0.2, 0) is 0 Å². The summed E-state index contributed by atoms with van der Waals surface area (Å²) >= 11 is 0. The van der Waals surface area contributed by atoms with Crippen LogP contribution in [0.4, 0.5) is 11.4 Å². The molecule has 1 heterocycles. The van der Waals surface area contributed by atoms with Crippen LogP contribution in [0, 0.1) is 6.92 Å². The van der Waals surface area contributed by atoms with E-state index in [1.54, 1.807) is 24.3 Å². The summed E-state index contributed by atoms with van der Waals surface area (Å²) in [6.45, 7) is 1.93. The first-order chi connectivity index (χ1) is 10.1. The number of nitrogens with one attached hydrogen (secondary N) is 1. The maximum atomic E-state index is 12.3. The van der Waals surface area contributed by atoms with Crippen molar-refractivity contribution in [2.24, 2.45) is 0 Å². The number of carbonyl (C=O) groups is 1. The number of aromatic nitrogens is 1. The maximum Gasteiger partial charge on any atom is 0.255 e. The number of hydrogen-bond acceptors (Lipinski definition) is 3. The van der Waals surface area contributed by atoms with Gasteiger partial charge in [-0.1, -0.05) is 18.2 Å². The standard InChI is InChI=1S/C17H15N3O/c1-11-5-6-12-3-2-4-15(16(12)19-11)20-17(21)13-7-9-14(18)10-8-13/h2-10H,18H2,1H3,(H,20,21). The quantitative estimate of drug-likeness (QED) is 0.706. The Morgan fingerprint density at radius 1 is 1.05 bits per heavy atom. The number of nitrogen functional groups attached to an aromatic ring is 1. The number of carbonyl (C=O) groups excluding carboxylic acids is 1. The van der Waals surface area contributed by atoms with Crippen molar-refractivity contribution in [3.8, 4) is 0 Å². The number of para-hydroxylation sites is 1. The van der Waals surface area contributed by atoms with Gasteiger partial charge in [0.1, 0.15) is 0 Å². The molecule has 3 aromatic rings. The molecule has 0 aliphatic carbocycles. The zero-order valence-electron chi connectivity index (χ0n) is 11.6. The second-order valence-electron chi connectivity index (χ2n) is 4.91. The van der Waals surface area contributed by atoms with Gasteiger partial charge in [-0.25, -0.2) is 0 Å². The topological polar surface area (TPSA) is 68.0 Å². The van der Waals surface area contributed by atoms with Crippen molar-refractivity contribution in [2.45, 2.75) is 6.92 Å². The normalized spacial score (nSPS) is 10.5. The Labute approximate surface area is 122 Å². The number of anilines is 2. The van der Waals surface area contributed by atoms with E-state index in [0.717, 1.165) is 16.6 Å². The number of benzene rings is 2. The van der Waals surface area contributed by atoms with Gasteiger partial charge in [0.15, 0.2) is 0 Å². The highest BCUT2D eigenvalue weighted by atomic mass is 16.1. The largest absolute Gasteiger partial charge is 0.399 e. The fourth-order valence-electron chi connectivity index (χ4n) is 2.17. The predicted molar refractivity (Wildman–Crippen MR) is 85.3 cm³/mol. The summed E-state index contributed by atoms with van der Waals surface area (Å²) in [6, 6.07) is 16.5. The average molecular weight is 277 g/mol. The van der Waals surface area contributed by atoms with Crippen LogP contribution < -0.4 is 11.1 Å². The summed E-state index contributed by atoms with van der Waals surface area (Å²) in [5.74, 6) is -0.175. The minimum atomic E-state index is -0.175. The van der Waals surface area contributed by atoms with E-state index >= 15 is 0 Å². The van der Waals surface area contributed by atoms with Crippen molar-refractivity contribution >= 4 is 28.2 Å². The van der Waals surface area contributed by atoms with E-state index in [1.807, 2.05) is 37.3 Å². The van der Waals surface area contributed by atoms with Crippen LogP contribution in [0.15, 0.2) is 54.6 Å². The summed E-state index contributed by atoms with van der Waals surface area (Å²) < 4.78 is 0. The van der Waals surface area contributed by atoms with E-state index in [4.69, 9.17) is 5.73 Å². The van der Waals surface area contributed by atoms with Gasteiger partial charge in [0, 0.05) is 22.3 Å². The lowest BCUT2D eigenvalue weighted by atomic mass is 10.1. The van der Waals surface area contributed by atoms with Crippen molar-refractivity contribution in [3.63, 3.8) is 0 Å². The van der Waals surface area contributed by atoms with Crippen LogP contribution in [0.3, 0.4) is 0 Å². The van der Waals surface area contributed by atoms with Gasteiger partial charge in [-0.05, 0) is 43.3 Å². The number of nitrogens with zero attached hydrogens (tertiary/aromatic N) is 1. The monoisotopic (exact) mass is 277 g/mol. The molecular formula is C17H15N3O. The molecule has 0 fully saturated rings. The molecule has 1 amide bonds. The first-order valence-corrected chi connectivity index (χ1v) is 6.67. The number of hydrogen-bond donors (Lipinski definition) is 2. The maximum absolute atomic E-state index is 12.3. The summed E-state index contributed by atoms with van der Waals surface area (Å²) in [4.78, 5) is 16.8. The van der Waals surface area contributed by atoms with Crippen molar-refractivity contribution < 1.29 is 4.79 Å². The van der Waals surface area contributed by atoms with Gasteiger partial charge in [-0.2, -0.15) is 0 Å². The van der Waals surface area contributed by atoms with Gasteiger partial charge < -0.3 is 11.1 Å². The molecule has 3 N–H and O–H groups in total. The number of amides is 1. The van der Waals surface area contributed by atoms with Crippen molar-refractivity contribution in [1.82, 2.24) is 4.98 Å². The number of aryl methyl sites for hydroxylation is 1. The fourth-order valence-corrected chi connectivity index (χ4v) is 2.17. The fraction of sp³-hybridized carbons (Fsp3) is 0.0588. The molecule has 0 aliphatic heterocycles. The smallest absolute Gasteiger partial charge is 0.255 e. The third-order valence-corrected chi connectivity index (χ3v) is 3.28. The Hall–Kier alpha value is -2.88. The lowest BCUT2D eigenvalue weighted by Gasteiger charge is -2.09. The highest BCUT2D eigenvalue weighted by molar-refractivity contribution is 6.08. The predicted octanol–water partition coefficient (Wildman–Crippen LogP) is 3.38. The van der Waals surface area contributed by atoms with E-state index in [9.17, 15) is 4.79 Å². The molecule has 0 unspecified atom stereocenters. The summed E-state index contributed by atoms with van der Waals surface area (Å²) in [5, 5.41) is 3.90. The minimum Gasteiger partial charge on any atom is -0.399 e. The lowest BCUT2D eigenvalue weighted by molar-refractivity contribution is 0.102. The third kappa shape index (κ3) is 2.69. The van der Waals surface area contributed by atoms with E-state index in [-0.39, 0.29) is 5.91 Å². The van der Waals surface area contributed by atoms with Gasteiger partial charge in [0.25, 0.3) is 5.91 Å². The molecule has 3 rings (SSSR count). The van der Waals surface area contributed by atoms with E-state index in [1.165, 1.54) is 0 Å². The summed E-state index contributed by atoms with van der Waals surface area (Å²) in [7, 11) is 0. The Kier molecular flexibility index (Phi) is 3.28. The van der Waals surface area contributed by atoms with E-state index in [0.29, 0.717) is 16.9 Å². The van der Waals surface area contributed by atoms with Crippen LogP contribution in [0.1, 0.15) is 16.1 Å². The second-order valence-corrected chi connectivity index (χ2v) is 4.91. The van der Waals surface area contributed by atoms with Gasteiger partial charge >= 0.3 is 0 Å². The molecule has 0 bridgehead atoms. The number of fused-ring (bicyclic) bond motifs is 1. The molecule has 0 atom stereocenters. The highest BCUT2D eigenvalue weighted by Gasteiger charge is 2.09. The van der Waals surface area contributed by atoms with Gasteiger partial charge in [0.2, 0.25) is 0 Å². The molecule has 1 aromatic heterocycles. The van der Waals surface area contributed by atoms with E-state index in [2.05, 4.69) is 10.3 Å². The Balaban J connectivity index is 1.96. The Morgan fingerprint density at radius 2 is 1.81 bits per heavy atom. The Bertz CT molecular complexity index is 810. The van der Waals surface area contributed by atoms with E-state index < -0.39 is 0 Å². The van der Waals surface area contributed by atoms with Crippen LogP contribution in [0.5, 0.6) is 0 Å². The van der Waals surface area contributed by atoms with Crippen LogP contribution in [-0.4, -0.2) is 10.9 Å². The van der Waals surface area contributed by atoms with Crippen LogP contribution in [0.2, 0.25) is 0 Å². The zero-order chi connectivity index (χ0) is 14.8. The van der Waals surface area contributed by atoms with Crippen LogP contribution >= 0.6 is 0 Å². The molecule has 0 aliphatic rings. The van der Waals surface area contributed by atoms with Crippen molar-refractivity contribution in [1.29, 1.82) is 0 Å².